The molecule has 2 aromatic rings. The molecular weight excluding hydrogens is 448 g/mol. The van der Waals surface area contributed by atoms with Crippen molar-refractivity contribution in [1.29, 1.82) is 0 Å². The van der Waals surface area contributed by atoms with Gasteiger partial charge in [-0.15, -0.1) is 0 Å². The zero-order valence-corrected chi connectivity index (χ0v) is 20.1. The van der Waals surface area contributed by atoms with E-state index in [9.17, 15) is 4.79 Å². The predicted molar refractivity (Wildman–Crippen MR) is 128 cm³/mol. The number of hydrogen-bond donors (Lipinski definition) is 0. The second-order valence-corrected chi connectivity index (χ2v) is 9.48. The SMILES string of the molecule is CC(=O)O[C@@H]1[C@H]2OCCC[C@@H]2O[C@@H]2C[C@H](OCc3ccccc3)[C@@H](COCc3ccccc3)O[C@@H]12. The molecule has 7 atom stereocenters. The summed E-state index contributed by atoms with van der Waals surface area (Å²) < 4.78 is 37.2. The number of ether oxygens (including phenoxy) is 6. The van der Waals surface area contributed by atoms with Crippen LogP contribution in [0.3, 0.4) is 0 Å². The van der Waals surface area contributed by atoms with Crippen molar-refractivity contribution in [3.8, 4) is 0 Å². The minimum absolute atomic E-state index is 0.112. The fourth-order valence-electron chi connectivity index (χ4n) is 5.25. The Morgan fingerprint density at radius 3 is 2.34 bits per heavy atom. The van der Waals surface area contributed by atoms with Gasteiger partial charge in [0.05, 0.1) is 38.1 Å². The third-order valence-corrected chi connectivity index (χ3v) is 6.89. The average Bonchev–Trinajstić information content (AvgIpc) is 2.88. The maximum absolute atomic E-state index is 12.0. The normalized spacial score (nSPS) is 32.3. The van der Waals surface area contributed by atoms with Crippen molar-refractivity contribution in [3.05, 3.63) is 71.8 Å². The molecule has 0 saturated carbocycles. The van der Waals surface area contributed by atoms with Gasteiger partial charge in [-0.3, -0.25) is 4.79 Å². The van der Waals surface area contributed by atoms with Gasteiger partial charge in [0.15, 0.2) is 6.10 Å². The first-order valence-corrected chi connectivity index (χ1v) is 12.5. The van der Waals surface area contributed by atoms with Gasteiger partial charge in [0.2, 0.25) is 0 Å². The third kappa shape index (κ3) is 6.11. The molecule has 0 unspecified atom stereocenters. The number of hydrogen-bond acceptors (Lipinski definition) is 7. The second kappa shape index (κ2) is 11.6. The summed E-state index contributed by atoms with van der Waals surface area (Å²) in [5.41, 5.74) is 2.20. The lowest BCUT2D eigenvalue weighted by molar-refractivity contribution is -0.306. The predicted octanol–water partition coefficient (Wildman–Crippen LogP) is 3.82. The Morgan fingerprint density at radius 2 is 1.63 bits per heavy atom. The number of esters is 1. The van der Waals surface area contributed by atoms with Crippen molar-refractivity contribution in [2.75, 3.05) is 13.2 Å². The van der Waals surface area contributed by atoms with E-state index < -0.39 is 12.2 Å². The lowest BCUT2D eigenvalue weighted by atomic mass is 9.86. The highest BCUT2D eigenvalue weighted by Gasteiger charge is 2.54. The standard InChI is InChI=1S/C28H34O7/c1-19(29)33-28-26-22(13-8-14-31-26)34-24-15-23(32-17-21-11-6-3-7-12-21)25(35-27(24)28)18-30-16-20-9-4-2-5-10-20/h2-7,9-12,22-28H,8,13-18H2,1H3/t22-,23-,24+,25+,26-,27+,28+/m0/s1. The first-order valence-electron chi connectivity index (χ1n) is 12.5. The Morgan fingerprint density at radius 1 is 0.914 bits per heavy atom. The summed E-state index contributed by atoms with van der Waals surface area (Å²) in [6, 6.07) is 20.1. The molecule has 7 heteroatoms. The van der Waals surface area contributed by atoms with E-state index in [1.165, 1.54) is 6.92 Å². The lowest BCUT2D eigenvalue weighted by Crippen LogP contribution is -2.66. The van der Waals surface area contributed by atoms with Crippen LogP contribution in [-0.2, 0) is 46.4 Å². The van der Waals surface area contributed by atoms with E-state index in [1.807, 2.05) is 60.7 Å². The molecule has 2 aromatic carbocycles. The smallest absolute Gasteiger partial charge is 0.303 e. The summed E-state index contributed by atoms with van der Waals surface area (Å²) in [5.74, 6) is -0.341. The minimum atomic E-state index is -0.511. The van der Waals surface area contributed by atoms with Crippen LogP contribution >= 0.6 is 0 Å². The summed E-state index contributed by atoms with van der Waals surface area (Å²) in [6.07, 6.45) is 0.285. The summed E-state index contributed by atoms with van der Waals surface area (Å²) in [7, 11) is 0. The Labute approximate surface area is 206 Å². The molecule has 0 spiro atoms. The fourth-order valence-corrected chi connectivity index (χ4v) is 5.25. The first kappa shape index (κ1) is 24.4. The van der Waals surface area contributed by atoms with E-state index in [1.54, 1.807) is 0 Å². The zero-order valence-electron chi connectivity index (χ0n) is 20.1. The number of rotatable bonds is 8. The molecule has 3 fully saturated rings. The second-order valence-electron chi connectivity index (χ2n) is 9.48. The molecule has 0 aliphatic carbocycles. The van der Waals surface area contributed by atoms with Gasteiger partial charge >= 0.3 is 5.97 Å². The molecule has 0 aromatic heterocycles. The van der Waals surface area contributed by atoms with Crippen LogP contribution in [0.1, 0.15) is 37.3 Å². The van der Waals surface area contributed by atoms with E-state index in [2.05, 4.69) is 0 Å². The molecule has 7 nitrogen and oxygen atoms in total. The highest BCUT2D eigenvalue weighted by atomic mass is 16.6. The van der Waals surface area contributed by atoms with Crippen molar-refractivity contribution >= 4 is 5.97 Å². The molecule has 5 rings (SSSR count). The molecule has 35 heavy (non-hydrogen) atoms. The van der Waals surface area contributed by atoms with Gasteiger partial charge in [0, 0.05) is 20.0 Å². The maximum Gasteiger partial charge on any atom is 0.303 e. The van der Waals surface area contributed by atoms with Crippen LogP contribution in [0.25, 0.3) is 0 Å². The molecule has 0 radical (unpaired) electrons. The first-order chi connectivity index (χ1) is 17.2. The summed E-state index contributed by atoms with van der Waals surface area (Å²) >= 11 is 0. The van der Waals surface area contributed by atoms with Gasteiger partial charge in [0.1, 0.15) is 18.3 Å². The van der Waals surface area contributed by atoms with Crippen molar-refractivity contribution < 1.29 is 33.2 Å². The molecule has 3 heterocycles. The van der Waals surface area contributed by atoms with Crippen LogP contribution in [0.2, 0.25) is 0 Å². The number of carbonyl (C=O) groups excluding carboxylic acids is 1. The van der Waals surface area contributed by atoms with Crippen LogP contribution in [-0.4, -0.2) is 61.9 Å². The molecule has 3 aliphatic heterocycles. The minimum Gasteiger partial charge on any atom is -0.457 e. The zero-order chi connectivity index (χ0) is 24.0. The quantitative estimate of drug-likeness (QED) is 0.530. The van der Waals surface area contributed by atoms with Crippen LogP contribution in [0.4, 0.5) is 0 Å². The van der Waals surface area contributed by atoms with E-state index in [-0.39, 0.29) is 36.5 Å². The van der Waals surface area contributed by atoms with Gasteiger partial charge < -0.3 is 28.4 Å². The van der Waals surface area contributed by atoms with Gasteiger partial charge in [0.25, 0.3) is 0 Å². The van der Waals surface area contributed by atoms with Gasteiger partial charge in [-0.05, 0) is 24.0 Å². The van der Waals surface area contributed by atoms with Crippen LogP contribution < -0.4 is 0 Å². The van der Waals surface area contributed by atoms with Gasteiger partial charge in [-0.2, -0.15) is 0 Å². The molecule has 3 aliphatic rings. The third-order valence-electron chi connectivity index (χ3n) is 6.89. The van der Waals surface area contributed by atoms with E-state index in [0.29, 0.717) is 32.8 Å². The monoisotopic (exact) mass is 482 g/mol. The average molecular weight is 483 g/mol. The Balaban J connectivity index is 1.31. The molecule has 0 N–H and O–H groups in total. The highest BCUT2D eigenvalue weighted by molar-refractivity contribution is 5.66. The van der Waals surface area contributed by atoms with Crippen molar-refractivity contribution in [2.45, 2.75) is 82.1 Å². The number of fused-ring (bicyclic) bond motifs is 2. The maximum atomic E-state index is 12.0. The van der Waals surface area contributed by atoms with Gasteiger partial charge in [-0.1, -0.05) is 60.7 Å². The van der Waals surface area contributed by atoms with Crippen molar-refractivity contribution in [2.24, 2.45) is 0 Å². The van der Waals surface area contributed by atoms with E-state index >= 15 is 0 Å². The van der Waals surface area contributed by atoms with E-state index in [0.717, 1.165) is 24.0 Å². The molecule has 0 bridgehead atoms. The number of carbonyl (C=O) groups is 1. The van der Waals surface area contributed by atoms with Crippen molar-refractivity contribution in [1.82, 2.24) is 0 Å². The van der Waals surface area contributed by atoms with Crippen LogP contribution in [0.15, 0.2) is 60.7 Å². The Bertz CT molecular complexity index is 937. The Hall–Kier alpha value is -2.29. The van der Waals surface area contributed by atoms with Crippen LogP contribution in [0, 0.1) is 0 Å². The largest absolute Gasteiger partial charge is 0.457 e. The molecule has 188 valence electrons. The summed E-state index contributed by atoms with van der Waals surface area (Å²) in [6.45, 7) is 3.38. The highest BCUT2D eigenvalue weighted by Crippen LogP contribution is 2.38. The fraction of sp³-hybridized carbons (Fsp3) is 0.536. The van der Waals surface area contributed by atoms with E-state index in [4.69, 9.17) is 28.4 Å². The number of benzene rings is 2. The van der Waals surface area contributed by atoms with Crippen LogP contribution in [0.5, 0.6) is 0 Å². The Kier molecular flexibility index (Phi) is 8.11. The van der Waals surface area contributed by atoms with Gasteiger partial charge in [-0.25, -0.2) is 0 Å². The molecule has 0 amide bonds. The topological polar surface area (TPSA) is 72.5 Å². The lowest BCUT2D eigenvalue weighted by Gasteiger charge is -2.52. The molecular formula is C28H34O7. The van der Waals surface area contributed by atoms with Crippen molar-refractivity contribution in [3.63, 3.8) is 0 Å². The summed E-state index contributed by atoms with van der Waals surface area (Å²) in [4.78, 5) is 12.0. The summed E-state index contributed by atoms with van der Waals surface area (Å²) in [5, 5.41) is 0. The molecule has 3 saturated heterocycles.